The summed E-state index contributed by atoms with van der Waals surface area (Å²) in [6.07, 6.45) is 1.41. The molecule has 27 heavy (non-hydrogen) atoms. The smallest absolute Gasteiger partial charge is 0.307 e. The molecular weight excluding hydrogens is 344 g/mol. The Kier molecular flexibility index (Phi) is 6.08. The first-order valence-corrected chi connectivity index (χ1v) is 9.05. The number of aliphatic carboxylic acids is 1. The van der Waals surface area contributed by atoms with E-state index in [2.05, 4.69) is 5.32 Å². The van der Waals surface area contributed by atoms with Crippen molar-refractivity contribution in [3.63, 3.8) is 0 Å². The largest absolute Gasteiger partial charge is 0.497 e. The molecule has 2 N–H and O–H groups in total. The Labute approximate surface area is 158 Å². The predicted molar refractivity (Wildman–Crippen MR) is 103 cm³/mol. The van der Waals surface area contributed by atoms with Gasteiger partial charge < -0.3 is 15.2 Å². The average Bonchev–Trinajstić information content (AvgIpc) is 2.70. The molecule has 6 heteroatoms. The topological polar surface area (TPSA) is 78.9 Å². The summed E-state index contributed by atoms with van der Waals surface area (Å²) in [5.74, 6) is -0.703. The first kappa shape index (κ1) is 18.9. The molecule has 3 rings (SSSR count). The van der Waals surface area contributed by atoms with Gasteiger partial charge in [-0.3, -0.25) is 14.5 Å². The Hall–Kier alpha value is -2.86. The number of benzene rings is 2. The van der Waals surface area contributed by atoms with Gasteiger partial charge in [0.15, 0.2) is 0 Å². The molecule has 1 heterocycles. The molecule has 2 aromatic rings. The van der Waals surface area contributed by atoms with Crippen LogP contribution in [-0.2, 0) is 9.59 Å². The van der Waals surface area contributed by atoms with E-state index in [4.69, 9.17) is 4.74 Å². The number of nitrogens with zero attached hydrogens (tertiary/aromatic N) is 1. The molecule has 0 bridgehead atoms. The number of likely N-dealkylation sites (tertiary alicyclic amines) is 1. The highest BCUT2D eigenvalue weighted by molar-refractivity contribution is 5.95. The van der Waals surface area contributed by atoms with Crippen LogP contribution >= 0.6 is 0 Å². The number of rotatable bonds is 6. The molecule has 1 aliphatic rings. The van der Waals surface area contributed by atoms with Crippen LogP contribution in [0, 0.1) is 5.92 Å². The van der Waals surface area contributed by atoms with Gasteiger partial charge in [0.05, 0.1) is 13.0 Å². The quantitative estimate of drug-likeness (QED) is 0.819. The van der Waals surface area contributed by atoms with E-state index in [0.29, 0.717) is 30.9 Å². The fraction of sp³-hybridized carbons (Fsp3) is 0.333. The molecule has 2 atom stereocenters. The number of hydrogen-bond acceptors (Lipinski definition) is 4. The van der Waals surface area contributed by atoms with Crippen LogP contribution < -0.4 is 10.1 Å². The summed E-state index contributed by atoms with van der Waals surface area (Å²) < 4.78 is 5.14. The fourth-order valence-electron chi connectivity index (χ4n) is 3.49. The molecule has 1 aliphatic heterocycles. The maximum Gasteiger partial charge on any atom is 0.307 e. The van der Waals surface area contributed by atoms with Gasteiger partial charge in [-0.15, -0.1) is 0 Å². The Morgan fingerprint density at radius 1 is 1.15 bits per heavy atom. The van der Waals surface area contributed by atoms with Gasteiger partial charge in [-0.05, 0) is 49.2 Å². The first-order chi connectivity index (χ1) is 13.1. The van der Waals surface area contributed by atoms with E-state index < -0.39 is 17.9 Å². The summed E-state index contributed by atoms with van der Waals surface area (Å²) in [5.41, 5.74) is 1.53. The molecule has 6 nitrogen and oxygen atoms in total. The van der Waals surface area contributed by atoms with Gasteiger partial charge in [-0.2, -0.15) is 0 Å². The number of piperidine rings is 1. The number of carboxylic acid groups (broad SMARTS) is 1. The number of carboxylic acids is 1. The standard InChI is InChI=1S/C21H24N2O4/c1-27-18-11-9-17(10-12-18)22-20(24)19(15-6-3-2-4-7-15)23-13-5-8-16(14-23)21(25)26/h2-4,6-7,9-12,16,19H,5,8,13-14H2,1H3,(H,22,24)(H,25,26). The number of anilines is 1. The zero-order valence-electron chi connectivity index (χ0n) is 15.3. The van der Waals surface area contributed by atoms with Gasteiger partial charge in [0.25, 0.3) is 0 Å². The molecule has 1 amide bonds. The third-order valence-corrected chi connectivity index (χ3v) is 4.89. The molecule has 0 radical (unpaired) electrons. The van der Waals surface area contributed by atoms with Crippen LogP contribution in [0.5, 0.6) is 5.75 Å². The third kappa shape index (κ3) is 4.65. The van der Waals surface area contributed by atoms with Crippen LogP contribution in [0.2, 0.25) is 0 Å². The Balaban J connectivity index is 1.83. The number of amides is 1. The lowest BCUT2D eigenvalue weighted by molar-refractivity contribution is -0.144. The van der Waals surface area contributed by atoms with Gasteiger partial charge in [0.2, 0.25) is 5.91 Å². The van der Waals surface area contributed by atoms with Crippen molar-refractivity contribution in [2.75, 3.05) is 25.5 Å². The Morgan fingerprint density at radius 2 is 1.85 bits per heavy atom. The van der Waals surface area contributed by atoms with Gasteiger partial charge in [-0.1, -0.05) is 30.3 Å². The van der Waals surface area contributed by atoms with Crippen LogP contribution in [0.1, 0.15) is 24.4 Å². The normalized spacial score (nSPS) is 18.5. The Bertz CT molecular complexity index is 777. The van der Waals surface area contributed by atoms with Crippen LogP contribution in [0.4, 0.5) is 5.69 Å². The van der Waals surface area contributed by atoms with Gasteiger partial charge in [0, 0.05) is 12.2 Å². The van der Waals surface area contributed by atoms with E-state index in [0.717, 1.165) is 12.0 Å². The maximum atomic E-state index is 13.1. The van der Waals surface area contributed by atoms with Crippen molar-refractivity contribution in [2.45, 2.75) is 18.9 Å². The minimum Gasteiger partial charge on any atom is -0.497 e. The van der Waals surface area contributed by atoms with Crippen molar-refractivity contribution in [1.82, 2.24) is 4.90 Å². The van der Waals surface area contributed by atoms with Crippen LogP contribution in [0.15, 0.2) is 54.6 Å². The highest BCUT2D eigenvalue weighted by Crippen LogP contribution is 2.28. The minimum absolute atomic E-state index is 0.169. The minimum atomic E-state index is -0.804. The molecular formula is C21H24N2O4. The van der Waals surface area contributed by atoms with E-state index in [1.807, 2.05) is 35.2 Å². The molecule has 1 fully saturated rings. The van der Waals surface area contributed by atoms with Crippen molar-refractivity contribution in [3.05, 3.63) is 60.2 Å². The Morgan fingerprint density at radius 3 is 2.48 bits per heavy atom. The van der Waals surface area contributed by atoms with E-state index >= 15 is 0 Å². The van der Waals surface area contributed by atoms with Crippen LogP contribution in [0.25, 0.3) is 0 Å². The molecule has 1 saturated heterocycles. The fourth-order valence-corrected chi connectivity index (χ4v) is 3.49. The molecule has 0 aliphatic carbocycles. The second-order valence-electron chi connectivity index (χ2n) is 6.70. The lowest BCUT2D eigenvalue weighted by Crippen LogP contribution is -2.44. The molecule has 0 aromatic heterocycles. The number of nitrogens with one attached hydrogen (secondary N) is 1. The predicted octanol–water partition coefficient (Wildman–Crippen LogP) is 3.17. The molecule has 2 unspecified atom stereocenters. The monoisotopic (exact) mass is 368 g/mol. The number of carbonyl (C=O) groups excluding carboxylic acids is 1. The zero-order chi connectivity index (χ0) is 19.2. The van der Waals surface area contributed by atoms with E-state index in [1.54, 1.807) is 31.4 Å². The van der Waals surface area contributed by atoms with E-state index in [1.165, 1.54) is 0 Å². The lowest BCUT2D eigenvalue weighted by atomic mass is 9.94. The molecule has 142 valence electrons. The van der Waals surface area contributed by atoms with Crippen molar-refractivity contribution in [2.24, 2.45) is 5.92 Å². The average molecular weight is 368 g/mol. The highest BCUT2D eigenvalue weighted by Gasteiger charge is 2.34. The lowest BCUT2D eigenvalue weighted by Gasteiger charge is -2.36. The third-order valence-electron chi connectivity index (χ3n) is 4.89. The summed E-state index contributed by atoms with van der Waals surface area (Å²) in [4.78, 5) is 26.5. The molecule has 0 saturated carbocycles. The maximum absolute atomic E-state index is 13.1. The SMILES string of the molecule is COc1ccc(NC(=O)C(c2ccccc2)N2CCCC(C(=O)O)C2)cc1. The molecule has 0 spiro atoms. The van der Waals surface area contributed by atoms with Gasteiger partial charge in [-0.25, -0.2) is 0 Å². The summed E-state index contributed by atoms with van der Waals surface area (Å²) in [6, 6.07) is 16.1. The van der Waals surface area contributed by atoms with Crippen molar-refractivity contribution in [1.29, 1.82) is 0 Å². The van der Waals surface area contributed by atoms with Crippen molar-refractivity contribution >= 4 is 17.6 Å². The second kappa shape index (κ2) is 8.68. The summed E-state index contributed by atoms with van der Waals surface area (Å²) in [5, 5.41) is 12.3. The molecule has 2 aromatic carbocycles. The first-order valence-electron chi connectivity index (χ1n) is 9.05. The highest BCUT2D eigenvalue weighted by atomic mass is 16.5. The summed E-state index contributed by atoms with van der Waals surface area (Å²) in [6.45, 7) is 1.06. The van der Waals surface area contributed by atoms with Crippen molar-refractivity contribution < 1.29 is 19.4 Å². The number of carbonyl (C=O) groups is 2. The number of ether oxygens (including phenoxy) is 1. The van der Waals surface area contributed by atoms with Gasteiger partial charge in [0.1, 0.15) is 11.8 Å². The van der Waals surface area contributed by atoms with Crippen LogP contribution in [-0.4, -0.2) is 42.1 Å². The number of methoxy groups -OCH3 is 1. The van der Waals surface area contributed by atoms with E-state index in [-0.39, 0.29) is 5.91 Å². The number of hydrogen-bond donors (Lipinski definition) is 2. The van der Waals surface area contributed by atoms with E-state index in [9.17, 15) is 14.7 Å². The summed E-state index contributed by atoms with van der Waals surface area (Å²) in [7, 11) is 1.59. The van der Waals surface area contributed by atoms with Gasteiger partial charge >= 0.3 is 5.97 Å². The second-order valence-corrected chi connectivity index (χ2v) is 6.70. The zero-order valence-corrected chi connectivity index (χ0v) is 15.3. The van der Waals surface area contributed by atoms with Crippen molar-refractivity contribution in [3.8, 4) is 5.75 Å². The summed E-state index contributed by atoms with van der Waals surface area (Å²) >= 11 is 0. The van der Waals surface area contributed by atoms with Crippen LogP contribution in [0.3, 0.4) is 0 Å².